The van der Waals surface area contributed by atoms with Crippen LogP contribution in [0.4, 0.5) is 0 Å². The van der Waals surface area contributed by atoms with E-state index in [1.807, 2.05) is 64.1 Å². The Morgan fingerprint density at radius 1 is 0.765 bits per heavy atom. The van der Waals surface area contributed by atoms with Crippen LogP contribution in [-0.2, 0) is 6.42 Å². The van der Waals surface area contributed by atoms with E-state index in [9.17, 15) is 0 Å². The first-order valence-electron chi connectivity index (χ1n) is 11.5. The van der Waals surface area contributed by atoms with Gasteiger partial charge < -0.3 is 9.47 Å². The first kappa shape index (κ1) is 24.7. The van der Waals surface area contributed by atoms with Crippen LogP contribution in [0.3, 0.4) is 0 Å². The van der Waals surface area contributed by atoms with Crippen LogP contribution in [0.5, 0.6) is 11.5 Å². The predicted molar refractivity (Wildman–Crippen MR) is 138 cm³/mol. The van der Waals surface area contributed by atoms with Crippen molar-refractivity contribution in [2.75, 3.05) is 0 Å². The van der Waals surface area contributed by atoms with Crippen LogP contribution in [0.25, 0.3) is 0 Å². The molecule has 4 rings (SSSR count). The van der Waals surface area contributed by atoms with Crippen LogP contribution in [0.1, 0.15) is 50.8 Å². The summed E-state index contributed by atoms with van der Waals surface area (Å²) in [5, 5.41) is 17.4. The molecule has 1 aliphatic heterocycles. The summed E-state index contributed by atoms with van der Waals surface area (Å²) in [6, 6.07) is 27.7. The zero-order valence-electron chi connectivity index (χ0n) is 20.2. The Labute approximate surface area is 202 Å². The molecular weight excluding hydrogens is 422 g/mol. The van der Waals surface area contributed by atoms with Crippen molar-refractivity contribution >= 4 is 11.4 Å². The van der Waals surface area contributed by atoms with Gasteiger partial charge >= 0.3 is 0 Å². The topological polar surface area (TPSA) is 67.0 Å². The van der Waals surface area contributed by atoms with Gasteiger partial charge in [-0.15, -0.1) is 0 Å². The summed E-state index contributed by atoms with van der Waals surface area (Å²) in [6.07, 6.45) is 1.89. The highest BCUT2D eigenvalue weighted by Gasteiger charge is 2.18. The SMILES string of the molecule is CC(C)Oc1ccccc1C#N.CC(C)Oc1ccccc1C1=NN=C(Cc2ccccc2)C1. The molecule has 1 heterocycles. The number of rotatable bonds is 7. The van der Waals surface area contributed by atoms with Crippen LogP contribution in [0, 0.1) is 11.3 Å². The normalized spacial score (nSPS) is 12.4. The van der Waals surface area contributed by atoms with E-state index in [2.05, 4.69) is 46.6 Å². The van der Waals surface area contributed by atoms with E-state index >= 15 is 0 Å². The van der Waals surface area contributed by atoms with Gasteiger partial charge in [0.05, 0.1) is 29.2 Å². The second-order valence-electron chi connectivity index (χ2n) is 8.49. The van der Waals surface area contributed by atoms with Gasteiger partial charge in [-0.1, -0.05) is 54.6 Å². The van der Waals surface area contributed by atoms with Crippen LogP contribution in [0.15, 0.2) is 89.1 Å². The average molecular weight is 454 g/mol. The van der Waals surface area contributed by atoms with Gasteiger partial charge in [-0.25, -0.2) is 0 Å². The smallest absolute Gasteiger partial charge is 0.137 e. The maximum Gasteiger partial charge on any atom is 0.137 e. The highest BCUT2D eigenvalue weighted by Crippen LogP contribution is 2.24. The fourth-order valence-corrected chi connectivity index (χ4v) is 3.45. The van der Waals surface area contributed by atoms with Crippen molar-refractivity contribution in [1.82, 2.24) is 0 Å². The molecular formula is C29H31N3O2. The van der Waals surface area contributed by atoms with Gasteiger partial charge in [0, 0.05) is 18.4 Å². The van der Waals surface area contributed by atoms with E-state index in [-0.39, 0.29) is 12.2 Å². The third kappa shape index (κ3) is 7.31. The third-order valence-electron chi connectivity index (χ3n) is 4.87. The Hall–Kier alpha value is -3.91. The highest BCUT2D eigenvalue weighted by atomic mass is 16.5. The Balaban J connectivity index is 0.000000229. The number of benzene rings is 3. The van der Waals surface area contributed by atoms with E-state index in [0.29, 0.717) is 11.3 Å². The molecule has 0 N–H and O–H groups in total. The molecule has 0 radical (unpaired) electrons. The first-order chi connectivity index (χ1) is 16.5. The van der Waals surface area contributed by atoms with Gasteiger partial charge in [-0.2, -0.15) is 15.5 Å². The summed E-state index contributed by atoms with van der Waals surface area (Å²) in [5.74, 6) is 1.54. The summed E-state index contributed by atoms with van der Waals surface area (Å²) in [5.41, 5.74) is 4.99. The molecule has 0 aromatic heterocycles. The monoisotopic (exact) mass is 453 g/mol. The lowest BCUT2D eigenvalue weighted by atomic mass is 10.0. The van der Waals surface area contributed by atoms with Crippen molar-refractivity contribution in [3.8, 4) is 17.6 Å². The molecule has 34 heavy (non-hydrogen) atoms. The van der Waals surface area contributed by atoms with E-state index in [0.717, 1.165) is 35.6 Å². The average Bonchev–Trinajstić information content (AvgIpc) is 3.28. The van der Waals surface area contributed by atoms with Crippen LogP contribution in [0.2, 0.25) is 0 Å². The molecule has 0 spiro atoms. The van der Waals surface area contributed by atoms with Gasteiger partial charge in [0.1, 0.15) is 17.6 Å². The van der Waals surface area contributed by atoms with E-state index < -0.39 is 0 Å². The molecule has 0 bridgehead atoms. The molecule has 3 aromatic rings. The molecule has 174 valence electrons. The number of nitrogens with zero attached hydrogens (tertiary/aromatic N) is 3. The Bertz CT molecular complexity index is 1180. The molecule has 1 aliphatic rings. The standard InChI is InChI=1S/C19H20N2O.C10H11NO/c1-14(2)22-19-11-7-6-10-17(19)18-13-16(20-21-18)12-15-8-4-3-5-9-15;1-8(2)12-10-6-4-3-5-9(10)7-11/h3-11,14H,12-13H2,1-2H3;3-6,8H,1-2H3. The van der Waals surface area contributed by atoms with Gasteiger partial charge in [-0.05, 0) is 57.5 Å². The summed E-state index contributed by atoms with van der Waals surface area (Å²) in [4.78, 5) is 0. The molecule has 5 nitrogen and oxygen atoms in total. The summed E-state index contributed by atoms with van der Waals surface area (Å²) >= 11 is 0. The minimum atomic E-state index is 0.111. The van der Waals surface area contributed by atoms with Gasteiger partial charge in [-0.3, -0.25) is 0 Å². The third-order valence-corrected chi connectivity index (χ3v) is 4.87. The van der Waals surface area contributed by atoms with Crippen molar-refractivity contribution in [3.05, 3.63) is 95.6 Å². The molecule has 0 unspecified atom stereocenters. The summed E-state index contributed by atoms with van der Waals surface area (Å²) < 4.78 is 11.3. The van der Waals surface area contributed by atoms with Crippen molar-refractivity contribution < 1.29 is 9.47 Å². The molecule has 0 aliphatic carbocycles. The van der Waals surface area contributed by atoms with E-state index in [1.54, 1.807) is 12.1 Å². The fraction of sp³-hybridized carbons (Fsp3) is 0.276. The summed E-state index contributed by atoms with van der Waals surface area (Å²) in [6.45, 7) is 7.94. The molecule has 5 heteroatoms. The lowest BCUT2D eigenvalue weighted by Crippen LogP contribution is -2.11. The lowest BCUT2D eigenvalue weighted by molar-refractivity contribution is 0.241. The van der Waals surface area contributed by atoms with Crippen LogP contribution < -0.4 is 9.47 Å². The van der Waals surface area contributed by atoms with Crippen molar-refractivity contribution in [3.63, 3.8) is 0 Å². The molecule has 0 amide bonds. The Kier molecular flexibility index (Phi) is 8.99. The zero-order chi connectivity index (χ0) is 24.3. The zero-order valence-corrected chi connectivity index (χ0v) is 20.2. The maximum atomic E-state index is 8.70. The number of hydrogen-bond donors (Lipinski definition) is 0. The highest BCUT2D eigenvalue weighted by molar-refractivity contribution is 6.16. The summed E-state index contributed by atoms with van der Waals surface area (Å²) in [7, 11) is 0. The fourth-order valence-electron chi connectivity index (χ4n) is 3.45. The largest absolute Gasteiger partial charge is 0.490 e. The lowest BCUT2D eigenvalue weighted by Gasteiger charge is -2.13. The second kappa shape index (κ2) is 12.4. The van der Waals surface area contributed by atoms with Gasteiger partial charge in [0.15, 0.2) is 0 Å². The Morgan fingerprint density at radius 3 is 2.03 bits per heavy atom. The second-order valence-corrected chi connectivity index (χ2v) is 8.49. The number of ether oxygens (including phenoxy) is 2. The quantitative estimate of drug-likeness (QED) is 0.404. The predicted octanol–water partition coefficient (Wildman–Crippen LogP) is 6.61. The number of nitriles is 1. The van der Waals surface area contributed by atoms with Gasteiger partial charge in [0.25, 0.3) is 0 Å². The Morgan fingerprint density at radius 2 is 1.35 bits per heavy atom. The molecule has 0 saturated heterocycles. The molecule has 3 aromatic carbocycles. The van der Waals surface area contributed by atoms with Crippen LogP contribution >= 0.6 is 0 Å². The van der Waals surface area contributed by atoms with E-state index in [1.165, 1.54) is 5.56 Å². The van der Waals surface area contributed by atoms with Crippen molar-refractivity contribution in [2.24, 2.45) is 10.2 Å². The van der Waals surface area contributed by atoms with Crippen molar-refractivity contribution in [2.45, 2.75) is 52.7 Å². The number of para-hydroxylation sites is 2. The molecule has 0 fully saturated rings. The molecule has 0 atom stereocenters. The maximum absolute atomic E-state index is 8.70. The first-order valence-corrected chi connectivity index (χ1v) is 11.5. The van der Waals surface area contributed by atoms with Crippen LogP contribution in [-0.4, -0.2) is 23.6 Å². The van der Waals surface area contributed by atoms with Crippen molar-refractivity contribution in [1.29, 1.82) is 5.26 Å². The minimum Gasteiger partial charge on any atom is -0.490 e. The van der Waals surface area contributed by atoms with Gasteiger partial charge in [0.2, 0.25) is 0 Å². The molecule has 0 saturated carbocycles. The number of hydrogen-bond acceptors (Lipinski definition) is 5. The minimum absolute atomic E-state index is 0.111. The van der Waals surface area contributed by atoms with E-state index in [4.69, 9.17) is 14.7 Å².